The average Bonchev–Trinajstić information content (AvgIpc) is 3.08. The van der Waals surface area contributed by atoms with Crippen molar-refractivity contribution in [3.05, 3.63) is 29.6 Å². The molecule has 1 aromatic heterocycles. The summed E-state index contributed by atoms with van der Waals surface area (Å²) in [7, 11) is 0. The van der Waals surface area contributed by atoms with Crippen LogP contribution in [0.1, 0.15) is 37.4 Å². The predicted molar refractivity (Wildman–Crippen MR) is 77.5 cm³/mol. The molecule has 1 aliphatic rings. The summed E-state index contributed by atoms with van der Waals surface area (Å²) in [6, 6.07) is 2.58. The molecule has 1 fully saturated rings. The van der Waals surface area contributed by atoms with E-state index in [9.17, 15) is 8.78 Å². The average molecular weight is 315 g/mol. The van der Waals surface area contributed by atoms with Crippen LogP contribution in [0.3, 0.4) is 0 Å². The number of ether oxygens (including phenoxy) is 1. The Morgan fingerprint density at radius 1 is 1.48 bits per heavy atom. The van der Waals surface area contributed by atoms with Gasteiger partial charge in [-0.05, 0) is 38.3 Å². The van der Waals surface area contributed by atoms with Crippen molar-refractivity contribution in [1.82, 2.24) is 9.55 Å². The Bertz CT molecular complexity index is 651. The molecule has 0 bridgehead atoms. The van der Waals surface area contributed by atoms with Crippen molar-refractivity contribution >= 4 is 22.6 Å². The number of imidazole rings is 1. The van der Waals surface area contributed by atoms with Gasteiger partial charge in [0.1, 0.15) is 11.3 Å². The molecule has 1 aliphatic heterocycles. The maximum absolute atomic E-state index is 14.1. The standard InChI is InChI=1S/C15H17ClF2N2O/c1-9(16)15-19-12-5-4-11(17)13(18)14(12)20(15)7-6-10-3-2-8-21-10/h4-5,9-10H,2-3,6-8H2,1H3. The maximum atomic E-state index is 14.1. The molecule has 0 amide bonds. The summed E-state index contributed by atoms with van der Waals surface area (Å²) in [4.78, 5) is 4.34. The van der Waals surface area contributed by atoms with E-state index in [1.807, 2.05) is 0 Å². The number of aryl methyl sites for hydroxylation is 1. The van der Waals surface area contributed by atoms with E-state index in [2.05, 4.69) is 4.98 Å². The molecule has 2 unspecified atom stereocenters. The smallest absolute Gasteiger partial charge is 0.184 e. The minimum Gasteiger partial charge on any atom is -0.378 e. The zero-order valence-electron chi connectivity index (χ0n) is 11.8. The van der Waals surface area contributed by atoms with Crippen molar-refractivity contribution in [2.45, 2.75) is 44.2 Å². The molecule has 1 aromatic carbocycles. The fraction of sp³-hybridized carbons (Fsp3) is 0.533. The summed E-state index contributed by atoms with van der Waals surface area (Å²) in [5, 5.41) is -0.371. The van der Waals surface area contributed by atoms with E-state index in [4.69, 9.17) is 16.3 Å². The highest BCUT2D eigenvalue weighted by atomic mass is 35.5. The SMILES string of the molecule is CC(Cl)c1nc2ccc(F)c(F)c2n1CCC1CCCO1. The molecule has 0 N–H and O–H groups in total. The lowest BCUT2D eigenvalue weighted by Crippen LogP contribution is -2.13. The Morgan fingerprint density at radius 3 is 2.95 bits per heavy atom. The molecule has 0 spiro atoms. The third-order valence-electron chi connectivity index (χ3n) is 3.88. The van der Waals surface area contributed by atoms with Crippen molar-refractivity contribution in [3.63, 3.8) is 0 Å². The Labute approximate surface area is 126 Å². The lowest BCUT2D eigenvalue weighted by Gasteiger charge is -2.14. The summed E-state index contributed by atoms with van der Waals surface area (Å²) in [6.45, 7) is 3.07. The number of rotatable bonds is 4. The lowest BCUT2D eigenvalue weighted by molar-refractivity contribution is 0.100. The number of nitrogens with zero attached hydrogens (tertiary/aromatic N) is 2. The number of fused-ring (bicyclic) bond motifs is 1. The molecule has 6 heteroatoms. The minimum absolute atomic E-state index is 0.178. The monoisotopic (exact) mass is 314 g/mol. The first-order valence-electron chi connectivity index (χ1n) is 7.17. The number of halogens is 3. The van der Waals surface area contributed by atoms with E-state index >= 15 is 0 Å². The van der Waals surface area contributed by atoms with E-state index in [0.29, 0.717) is 17.9 Å². The number of hydrogen-bond donors (Lipinski definition) is 0. The van der Waals surface area contributed by atoms with Crippen molar-refractivity contribution in [2.75, 3.05) is 6.61 Å². The Morgan fingerprint density at radius 2 is 2.29 bits per heavy atom. The first kappa shape index (κ1) is 14.7. The zero-order chi connectivity index (χ0) is 15.0. The molecule has 21 heavy (non-hydrogen) atoms. The normalized spacial score (nSPS) is 20.3. The van der Waals surface area contributed by atoms with Gasteiger partial charge in [0.15, 0.2) is 11.6 Å². The van der Waals surface area contributed by atoms with Gasteiger partial charge in [-0.25, -0.2) is 13.8 Å². The molecular formula is C15H17ClF2N2O. The third kappa shape index (κ3) is 2.77. The van der Waals surface area contributed by atoms with Crippen molar-refractivity contribution < 1.29 is 13.5 Å². The topological polar surface area (TPSA) is 27.1 Å². The molecule has 2 atom stereocenters. The van der Waals surface area contributed by atoms with Crippen LogP contribution in [0.25, 0.3) is 11.0 Å². The number of hydrogen-bond acceptors (Lipinski definition) is 2. The summed E-state index contributed by atoms with van der Waals surface area (Å²) < 4.78 is 34.9. The van der Waals surface area contributed by atoms with E-state index in [1.165, 1.54) is 6.07 Å². The first-order chi connectivity index (χ1) is 10.1. The summed E-state index contributed by atoms with van der Waals surface area (Å²) in [6.07, 6.45) is 2.99. The van der Waals surface area contributed by atoms with Gasteiger partial charge in [-0.1, -0.05) is 0 Å². The number of aromatic nitrogens is 2. The second-order valence-corrected chi connectivity index (χ2v) is 6.05. The van der Waals surface area contributed by atoms with E-state index in [-0.39, 0.29) is 17.0 Å². The molecule has 2 heterocycles. The molecule has 1 saturated heterocycles. The molecule has 3 nitrogen and oxygen atoms in total. The third-order valence-corrected chi connectivity index (χ3v) is 4.08. The van der Waals surface area contributed by atoms with Gasteiger partial charge in [0.2, 0.25) is 0 Å². The van der Waals surface area contributed by atoms with Crippen molar-refractivity contribution in [2.24, 2.45) is 0 Å². The molecule has 0 radical (unpaired) electrons. The molecule has 2 aromatic rings. The van der Waals surface area contributed by atoms with Gasteiger partial charge in [0.05, 0.1) is 17.0 Å². The highest BCUT2D eigenvalue weighted by Gasteiger charge is 2.22. The van der Waals surface area contributed by atoms with Gasteiger partial charge in [0.25, 0.3) is 0 Å². The van der Waals surface area contributed by atoms with Crippen molar-refractivity contribution in [3.8, 4) is 0 Å². The Kier molecular flexibility index (Phi) is 4.13. The first-order valence-corrected chi connectivity index (χ1v) is 7.61. The van der Waals surface area contributed by atoms with Crippen LogP contribution in [0, 0.1) is 11.6 Å². The second-order valence-electron chi connectivity index (χ2n) is 5.39. The van der Waals surface area contributed by atoms with Crippen LogP contribution < -0.4 is 0 Å². The second kappa shape index (κ2) is 5.89. The van der Waals surface area contributed by atoms with Crippen LogP contribution in [-0.4, -0.2) is 22.3 Å². The quantitative estimate of drug-likeness (QED) is 0.791. The van der Waals surface area contributed by atoms with E-state index in [1.54, 1.807) is 11.5 Å². The van der Waals surface area contributed by atoms with Gasteiger partial charge in [-0.2, -0.15) is 0 Å². The van der Waals surface area contributed by atoms with Crippen LogP contribution >= 0.6 is 11.6 Å². The molecule has 0 aliphatic carbocycles. The van der Waals surface area contributed by atoms with Gasteiger partial charge in [-0.3, -0.25) is 0 Å². The minimum atomic E-state index is -0.866. The van der Waals surface area contributed by atoms with Gasteiger partial charge in [0, 0.05) is 13.2 Å². The van der Waals surface area contributed by atoms with Crippen LogP contribution in [-0.2, 0) is 11.3 Å². The summed E-state index contributed by atoms with van der Waals surface area (Å²) in [5.74, 6) is -1.17. The number of alkyl halides is 1. The summed E-state index contributed by atoms with van der Waals surface area (Å²) in [5.41, 5.74) is 0.624. The fourth-order valence-electron chi connectivity index (χ4n) is 2.85. The largest absolute Gasteiger partial charge is 0.378 e. The Hall–Kier alpha value is -1.20. The van der Waals surface area contributed by atoms with Crippen LogP contribution in [0.15, 0.2) is 12.1 Å². The van der Waals surface area contributed by atoms with E-state index in [0.717, 1.165) is 31.9 Å². The highest BCUT2D eigenvalue weighted by molar-refractivity contribution is 6.20. The van der Waals surface area contributed by atoms with Gasteiger partial charge in [-0.15, -0.1) is 11.6 Å². The maximum Gasteiger partial charge on any atom is 0.184 e. The molecule has 0 saturated carbocycles. The number of benzene rings is 1. The van der Waals surface area contributed by atoms with Gasteiger partial charge >= 0.3 is 0 Å². The molecule has 114 valence electrons. The zero-order valence-corrected chi connectivity index (χ0v) is 12.5. The molecule has 3 rings (SSSR count). The summed E-state index contributed by atoms with van der Waals surface area (Å²) >= 11 is 6.14. The highest BCUT2D eigenvalue weighted by Crippen LogP contribution is 2.28. The van der Waals surface area contributed by atoms with E-state index < -0.39 is 11.6 Å². The predicted octanol–water partition coefficient (Wildman–Crippen LogP) is 4.18. The fourth-order valence-corrected chi connectivity index (χ4v) is 3.02. The Balaban J connectivity index is 2.00. The van der Waals surface area contributed by atoms with Crippen molar-refractivity contribution in [1.29, 1.82) is 0 Å². The van der Waals surface area contributed by atoms with Crippen LogP contribution in [0.5, 0.6) is 0 Å². The van der Waals surface area contributed by atoms with Crippen LogP contribution in [0.2, 0.25) is 0 Å². The van der Waals surface area contributed by atoms with Crippen LogP contribution in [0.4, 0.5) is 8.78 Å². The van der Waals surface area contributed by atoms with Gasteiger partial charge < -0.3 is 9.30 Å². The molecular weight excluding hydrogens is 298 g/mol. The lowest BCUT2D eigenvalue weighted by atomic mass is 10.2.